The maximum Gasteiger partial charge on any atom is 0.229 e. The molecule has 0 spiro atoms. The second-order valence-corrected chi connectivity index (χ2v) is 10.9. The van der Waals surface area contributed by atoms with Crippen molar-refractivity contribution in [3.63, 3.8) is 0 Å². The van der Waals surface area contributed by atoms with Crippen molar-refractivity contribution in [3.8, 4) is 5.75 Å². The van der Waals surface area contributed by atoms with Crippen molar-refractivity contribution in [2.45, 2.75) is 36.2 Å². The fraction of sp³-hybridized carbons (Fsp3) is 0.208. The highest BCUT2D eigenvalue weighted by atomic mass is 32.2. The molecule has 174 valence electrons. The van der Waals surface area contributed by atoms with Gasteiger partial charge in [-0.1, -0.05) is 49.4 Å². The van der Waals surface area contributed by atoms with E-state index in [1.54, 1.807) is 19.2 Å². The van der Waals surface area contributed by atoms with Gasteiger partial charge in [0.05, 0.1) is 22.2 Å². The van der Waals surface area contributed by atoms with Crippen LogP contribution in [0.2, 0.25) is 0 Å². The van der Waals surface area contributed by atoms with Gasteiger partial charge in [0.25, 0.3) is 0 Å². The van der Waals surface area contributed by atoms with Gasteiger partial charge in [-0.25, -0.2) is 13.4 Å². The number of ether oxygens (including phenoxy) is 1. The van der Waals surface area contributed by atoms with Crippen LogP contribution in [-0.2, 0) is 16.4 Å². The Morgan fingerprint density at radius 3 is 2.59 bits per heavy atom. The Balaban J connectivity index is 1.58. The number of hydrogen-bond donors (Lipinski definition) is 1. The number of hydrogen-bond acceptors (Lipinski definition) is 8. The summed E-state index contributed by atoms with van der Waals surface area (Å²) in [5.74, 6) is 1.63. The summed E-state index contributed by atoms with van der Waals surface area (Å²) in [6.45, 7) is 4.58. The molecule has 3 aromatic heterocycles. The van der Waals surface area contributed by atoms with Gasteiger partial charge in [-0.3, -0.25) is 0 Å². The van der Waals surface area contributed by atoms with Gasteiger partial charge in [0.1, 0.15) is 11.6 Å². The highest BCUT2D eigenvalue weighted by Gasteiger charge is 2.27. The zero-order valence-corrected chi connectivity index (χ0v) is 20.5. The summed E-state index contributed by atoms with van der Waals surface area (Å²) in [6.07, 6.45) is 0. The third kappa shape index (κ3) is 3.78. The summed E-state index contributed by atoms with van der Waals surface area (Å²) < 4.78 is 34.7. The lowest BCUT2D eigenvalue weighted by Gasteiger charge is -2.11. The first-order chi connectivity index (χ1) is 16.4. The molecule has 0 aliphatic carbocycles. The molecule has 0 amide bonds. The van der Waals surface area contributed by atoms with Gasteiger partial charge in [0.15, 0.2) is 5.65 Å². The van der Waals surface area contributed by atoms with E-state index in [1.165, 1.54) is 15.9 Å². The Bertz CT molecular complexity index is 1590. The first-order valence-corrected chi connectivity index (χ1v) is 13.1. The average Bonchev–Trinajstić information content (AvgIpc) is 3.50. The van der Waals surface area contributed by atoms with Crippen LogP contribution in [0.25, 0.3) is 15.9 Å². The lowest BCUT2D eigenvalue weighted by atomic mass is 10.0. The zero-order chi connectivity index (χ0) is 23.9. The Morgan fingerprint density at radius 1 is 1.09 bits per heavy atom. The van der Waals surface area contributed by atoms with Crippen molar-refractivity contribution in [2.24, 2.45) is 0 Å². The van der Waals surface area contributed by atoms with E-state index in [2.05, 4.69) is 34.5 Å². The molecule has 0 bridgehead atoms. The first-order valence-electron chi connectivity index (χ1n) is 10.7. The van der Waals surface area contributed by atoms with Gasteiger partial charge < -0.3 is 10.1 Å². The predicted octanol–water partition coefficient (Wildman–Crippen LogP) is 4.92. The quantitative estimate of drug-likeness (QED) is 0.344. The number of nitrogens with one attached hydrogen (secondary N) is 1. The highest BCUT2D eigenvalue weighted by Crippen LogP contribution is 2.32. The molecule has 8 nitrogen and oxygen atoms in total. The van der Waals surface area contributed by atoms with Crippen LogP contribution < -0.4 is 10.1 Å². The molecule has 1 N–H and O–H groups in total. The molecule has 3 heterocycles. The number of sulfone groups is 1. The van der Waals surface area contributed by atoms with Crippen molar-refractivity contribution < 1.29 is 13.2 Å². The van der Waals surface area contributed by atoms with Crippen molar-refractivity contribution in [1.82, 2.24) is 19.8 Å². The van der Waals surface area contributed by atoms with Gasteiger partial charge in [0, 0.05) is 12.1 Å². The average molecular weight is 494 g/mol. The molecule has 0 fully saturated rings. The molecular weight excluding hydrogens is 470 g/mol. The van der Waals surface area contributed by atoms with Crippen LogP contribution >= 0.6 is 11.3 Å². The van der Waals surface area contributed by atoms with Crippen LogP contribution in [0, 0.1) is 0 Å². The van der Waals surface area contributed by atoms with E-state index < -0.39 is 9.84 Å². The third-order valence-corrected chi connectivity index (χ3v) is 8.25. The molecule has 0 aliphatic rings. The monoisotopic (exact) mass is 493 g/mol. The number of aromatic nitrogens is 4. The number of para-hydroxylation sites is 1. The van der Waals surface area contributed by atoms with E-state index in [1.807, 2.05) is 47.8 Å². The minimum absolute atomic E-state index is 0.162. The number of benzene rings is 2. The number of rotatable bonds is 7. The Labute approximate surface area is 201 Å². The van der Waals surface area contributed by atoms with E-state index in [4.69, 9.17) is 4.74 Å². The van der Waals surface area contributed by atoms with Crippen LogP contribution in [0.5, 0.6) is 5.75 Å². The van der Waals surface area contributed by atoms with E-state index in [-0.39, 0.29) is 15.6 Å². The number of anilines is 1. The molecule has 0 saturated heterocycles. The number of nitrogens with zero attached hydrogens (tertiary/aromatic N) is 4. The number of thiophene rings is 1. The SMILES string of the molecule is COc1ccccc1CNc1nc2c(S(=O)(=O)c3ccc(C(C)C)cc3)nnn2c2ccsc12. The molecular formula is C24H23N5O3S2. The smallest absolute Gasteiger partial charge is 0.229 e. The molecule has 0 saturated carbocycles. The second kappa shape index (κ2) is 8.69. The van der Waals surface area contributed by atoms with E-state index >= 15 is 0 Å². The van der Waals surface area contributed by atoms with Crippen molar-refractivity contribution in [2.75, 3.05) is 12.4 Å². The van der Waals surface area contributed by atoms with Crippen LogP contribution in [-0.4, -0.2) is 35.3 Å². The molecule has 10 heteroatoms. The number of fused-ring (bicyclic) bond motifs is 3. The summed E-state index contributed by atoms with van der Waals surface area (Å²) in [6, 6.07) is 16.5. The lowest BCUT2D eigenvalue weighted by Crippen LogP contribution is -2.07. The summed E-state index contributed by atoms with van der Waals surface area (Å²) >= 11 is 1.50. The van der Waals surface area contributed by atoms with E-state index in [0.717, 1.165) is 27.1 Å². The minimum atomic E-state index is -3.91. The molecule has 5 aromatic rings. The molecule has 0 unspecified atom stereocenters. The van der Waals surface area contributed by atoms with Crippen LogP contribution in [0.15, 0.2) is 69.9 Å². The lowest BCUT2D eigenvalue weighted by molar-refractivity contribution is 0.410. The van der Waals surface area contributed by atoms with E-state index in [0.29, 0.717) is 18.3 Å². The molecule has 0 aliphatic heterocycles. The summed E-state index contributed by atoms with van der Waals surface area (Å²) in [4.78, 5) is 4.82. The Morgan fingerprint density at radius 2 is 1.85 bits per heavy atom. The molecule has 0 radical (unpaired) electrons. The molecule has 2 aromatic carbocycles. The van der Waals surface area contributed by atoms with E-state index in [9.17, 15) is 8.42 Å². The van der Waals surface area contributed by atoms with Crippen LogP contribution in [0.1, 0.15) is 30.9 Å². The Hall–Kier alpha value is -3.50. The normalized spacial score (nSPS) is 12.0. The van der Waals surface area contributed by atoms with Gasteiger partial charge in [0.2, 0.25) is 14.9 Å². The van der Waals surface area contributed by atoms with Crippen LogP contribution in [0.3, 0.4) is 0 Å². The summed E-state index contributed by atoms with van der Waals surface area (Å²) in [7, 11) is -2.28. The fourth-order valence-corrected chi connectivity index (χ4v) is 5.86. The van der Waals surface area contributed by atoms with Gasteiger partial charge in [-0.15, -0.1) is 16.4 Å². The largest absolute Gasteiger partial charge is 0.496 e. The van der Waals surface area contributed by atoms with Crippen LogP contribution in [0.4, 0.5) is 5.82 Å². The fourth-order valence-electron chi connectivity index (χ4n) is 3.79. The molecule has 34 heavy (non-hydrogen) atoms. The van der Waals surface area contributed by atoms with Crippen molar-refractivity contribution in [1.29, 1.82) is 0 Å². The maximum absolute atomic E-state index is 13.4. The van der Waals surface area contributed by atoms with Gasteiger partial charge >= 0.3 is 0 Å². The highest BCUT2D eigenvalue weighted by molar-refractivity contribution is 7.91. The first kappa shape index (κ1) is 22.3. The molecule has 0 atom stereocenters. The molecule has 5 rings (SSSR count). The van der Waals surface area contributed by atoms with Gasteiger partial charge in [-0.2, -0.15) is 4.52 Å². The second-order valence-electron chi connectivity index (χ2n) is 8.12. The standard InChI is InChI=1S/C24H23N5O3S2/c1-15(2)16-8-10-18(11-9-16)34(30,31)24-23-26-22(21-19(12-13-33-21)29(23)28-27-24)25-14-17-6-4-5-7-20(17)32-3/h4-13,15H,14H2,1-3H3,(H,25,26). The maximum atomic E-state index is 13.4. The van der Waals surface area contributed by atoms with Gasteiger partial charge in [-0.05, 0) is 41.1 Å². The summed E-state index contributed by atoms with van der Waals surface area (Å²) in [5, 5.41) is 13.3. The predicted molar refractivity (Wildman–Crippen MR) is 132 cm³/mol. The van der Waals surface area contributed by atoms with Crippen molar-refractivity contribution in [3.05, 3.63) is 71.1 Å². The Kier molecular flexibility index (Phi) is 5.70. The topological polar surface area (TPSA) is 98.5 Å². The zero-order valence-electron chi connectivity index (χ0n) is 18.9. The van der Waals surface area contributed by atoms with Crippen molar-refractivity contribution >= 4 is 42.9 Å². The number of methoxy groups -OCH3 is 1. The third-order valence-electron chi connectivity index (χ3n) is 5.67. The summed E-state index contributed by atoms with van der Waals surface area (Å²) in [5.41, 5.74) is 2.94. The minimum Gasteiger partial charge on any atom is -0.496 e.